The molecule has 0 radical (unpaired) electrons. The lowest BCUT2D eigenvalue weighted by Gasteiger charge is -2.17. The van der Waals surface area contributed by atoms with Crippen LogP contribution in [0.25, 0.3) is 5.57 Å². The Bertz CT molecular complexity index is 985. The molecule has 10 heteroatoms. The Hall–Kier alpha value is -2.75. The fourth-order valence-electron chi connectivity index (χ4n) is 3.21. The maximum absolute atomic E-state index is 14.2. The van der Waals surface area contributed by atoms with E-state index in [1.54, 1.807) is 0 Å². The van der Waals surface area contributed by atoms with Crippen molar-refractivity contribution in [1.29, 1.82) is 0 Å². The van der Waals surface area contributed by atoms with Gasteiger partial charge in [0.1, 0.15) is 11.7 Å². The highest BCUT2D eigenvalue weighted by Gasteiger charge is 2.23. The SMILES string of the molecule is CC1CCC(c2nnc(SCc3nc(N)nc(NC4=CC=CCC4)n3)o2)=C(F)C1. The number of thioether (sulfide) groups is 1. The Kier molecular flexibility index (Phi) is 5.89. The van der Waals surface area contributed by atoms with Crippen LogP contribution in [0.15, 0.2) is 39.4 Å². The van der Waals surface area contributed by atoms with Crippen LogP contribution in [0.2, 0.25) is 0 Å². The lowest BCUT2D eigenvalue weighted by molar-refractivity contribution is 0.413. The molecule has 0 aliphatic heterocycles. The Labute approximate surface area is 172 Å². The number of nitrogens with two attached hydrogens (primary N) is 1. The Morgan fingerprint density at radius 2 is 2.17 bits per heavy atom. The Balaban J connectivity index is 1.42. The maximum atomic E-state index is 14.2. The maximum Gasteiger partial charge on any atom is 0.277 e. The molecule has 1 unspecified atom stereocenters. The fraction of sp³-hybridized carbons (Fsp3) is 0.421. The first-order chi connectivity index (χ1) is 14.1. The van der Waals surface area contributed by atoms with Crippen molar-refractivity contribution in [2.75, 3.05) is 11.1 Å². The van der Waals surface area contributed by atoms with Crippen molar-refractivity contribution in [1.82, 2.24) is 25.1 Å². The van der Waals surface area contributed by atoms with E-state index in [-0.39, 0.29) is 17.7 Å². The number of nitrogen functional groups attached to an aromatic ring is 1. The van der Waals surface area contributed by atoms with E-state index in [4.69, 9.17) is 10.2 Å². The zero-order chi connectivity index (χ0) is 20.2. The van der Waals surface area contributed by atoms with E-state index in [1.165, 1.54) is 11.8 Å². The third kappa shape index (κ3) is 5.00. The van der Waals surface area contributed by atoms with Crippen molar-refractivity contribution in [2.45, 2.75) is 50.0 Å². The number of hydrogen-bond acceptors (Lipinski definition) is 9. The number of halogens is 1. The minimum atomic E-state index is -0.156. The van der Waals surface area contributed by atoms with Crippen molar-refractivity contribution < 1.29 is 8.81 Å². The number of aromatic nitrogens is 5. The summed E-state index contributed by atoms with van der Waals surface area (Å²) in [4.78, 5) is 12.7. The molecule has 2 aromatic rings. The molecule has 8 nitrogen and oxygen atoms in total. The van der Waals surface area contributed by atoms with Crippen LogP contribution in [0.4, 0.5) is 16.3 Å². The monoisotopic (exact) mass is 415 g/mol. The molecule has 2 aromatic heterocycles. The van der Waals surface area contributed by atoms with E-state index in [1.807, 2.05) is 19.1 Å². The zero-order valence-electron chi connectivity index (χ0n) is 16.1. The van der Waals surface area contributed by atoms with Crippen molar-refractivity contribution in [3.63, 3.8) is 0 Å². The molecule has 0 spiro atoms. The van der Waals surface area contributed by atoms with Crippen LogP contribution in [-0.4, -0.2) is 25.1 Å². The van der Waals surface area contributed by atoms with E-state index in [2.05, 4.69) is 36.5 Å². The number of nitrogens with zero attached hydrogens (tertiary/aromatic N) is 5. The van der Waals surface area contributed by atoms with Gasteiger partial charge in [0.15, 0.2) is 0 Å². The van der Waals surface area contributed by atoms with Gasteiger partial charge < -0.3 is 15.5 Å². The van der Waals surface area contributed by atoms with Crippen LogP contribution < -0.4 is 11.1 Å². The summed E-state index contributed by atoms with van der Waals surface area (Å²) in [5.41, 5.74) is 7.36. The molecule has 3 N–H and O–H groups in total. The van der Waals surface area contributed by atoms with Crippen molar-refractivity contribution >= 4 is 29.2 Å². The van der Waals surface area contributed by atoms with Gasteiger partial charge in [-0.3, -0.25) is 0 Å². The number of hydrogen-bond donors (Lipinski definition) is 2. The highest BCUT2D eigenvalue weighted by atomic mass is 32.2. The summed E-state index contributed by atoms with van der Waals surface area (Å²) in [6.45, 7) is 2.04. The summed E-state index contributed by atoms with van der Waals surface area (Å²) in [7, 11) is 0. The molecular formula is C19H22FN7OS. The lowest BCUT2D eigenvalue weighted by Crippen LogP contribution is -2.10. The first-order valence-corrected chi connectivity index (χ1v) is 10.5. The summed E-state index contributed by atoms with van der Waals surface area (Å²) in [5, 5.41) is 11.5. The number of rotatable bonds is 6. The van der Waals surface area contributed by atoms with Gasteiger partial charge in [0.25, 0.3) is 5.22 Å². The fourth-order valence-corrected chi connectivity index (χ4v) is 3.82. The van der Waals surface area contributed by atoms with Gasteiger partial charge in [0.05, 0.1) is 5.75 Å². The van der Waals surface area contributed by atoms with Crippen LogP contribution in [0.3, 0.4) is 0 Å². The van der Waals surface area contributed by atoms with Gasteiger partial charge in [0, 0.05) is 17.7 Å². The van der Waals surface area contributed by atoms with Gasteiger partial charge >= 0.3 is 0 Å². The molecule has 152 valence electrons. The molecule has 0 bridgehead atoms. The summed E-state index contributed by atoms with van der Waals surface area (Å²) < 4.78 is 19.9. The molecule has 0 saturated carbocycles. The molecule has 29 heavy (non-hydrogen) atoms. The lowest BCUT2D eigenvalue weighted by atomic mass is 9.90. The first-order valence-electron chi connectivity index (χ1n) is 9.54. The number of allylic oxidation sites excluding steroid dienone is 6. The topological polar surface area (TPSA) is 116 Å². The number of anilines is 2. The van der Waals surface area contributed by atoms with E-state index in [9.17, 15) is 4.39 Å². The average molecular weight is 415 g/mol. The zero-order valence-corrected chi connectivity index (χ0v) is 16.9. The van der Waals surface area contributed by atoms with E-state index >= 15 is 0 Å². The molecule has 2 aliphatic rings. The first kappa shape index (κ1) is 19.6. The molecular weight excluding hydrogens is 393 g/mol. The standard InChI is InChI=1S/C19H22FN7OS/c1-11-7-8-13(14(20)9-11)16-26-27-19(28-16)29-10-15-23-17(21)25-18(24-15)22-12-5-3-2-4-6-12/h2-3,5,11H,4,6-10H2,1H3,(H3,21,22,23,24,25). The van der Waals surface area contributed by atoms with Gasteiger partial charge in [-0.05, 0) is 37.7 Å². The van der Waals surface area contributed by atoms with Gasteiger partial charge in [-0.15, -0.1) is 10.2 Å². The molecule has 4 rings (SSSR count). The quantitative estimate of drug-likeness (QED) is 0.667. The minimum absolute atomic E-state index is 0.139. The van der Waals surface area contributed by atoms with Crippen molar-refractivity contribution in [3.8, 4) is 0 Å². The van der Waals surface area contributed by atoms with Crippen LogP contribution in [0.1, 0.15) is 50.7 Å². The van der Waals surface area contributed by atoms with Crippen molar-refractivity contribution in [2.24, 2.45) is 5.92 Å². The largest absolute Gasteiger partial charge is 0.411 e. The highest BCUT2D eigenvalue weighted by molar-refractivity contribution is 7.98. The van der Waals surface area contributed by atoms with E-state index < -0.39 is 0 Å². The smallest absolute Gasteiger partial charge is 0.277 e. The molecule has 0 fully saturated rings. The van der Waals surface area contributed by atoms with E-state index in [0.29, 0.717) is 47.1 Å². The van der Waals surface area contributed by atoms with E-state index in [0.717, 1.165) is 25.0 Å². The molecule has 0 amide bonds. The molecule has 2 heterocycles. The predicted octanol–water partition coefficient (Wildman–Crippen LogP) is 4.28. The molecule has 0 saturated heterocycles. The summed E-state index contributed by atoms with van der Waals surface area (Å²) in [6.07, 6.45) is 9.89. The minimum Gasteiger partial charge on any atom is -0.411 e. The van der Waals surface area contributed by atoms with Crippen LogP contribution in [-0.2, 0) is 5.75 Å². The summed E-state index contributed by atoms with van der Waals surface area (Å²) >= 11 is 1.28. The molecule has 0 aromatic carbocycles. The van der Waals surface area contributed by atoms with Gasteiger partial charge in [-0.2, -0.15) is 15.0 Å². The normalized spacial score (nSPS) is 19.4. The second kappa shape index (κ2) is 8.73. The van der Waals surface area contributed by atoms with Gasteiger partial charge in [0.2, 0.25) is 17.8 Å². The second-order valence-electron chi connectivity index (χ2n) is 7.11. The van der Waals surface area contributed by atoms with Crippen molar-refractivity contribution in [3.05, 3.63) is 41.5 Å². The van der Waals surface area contributed by atoms with Crippen LogP contribution in [0.5, 0.6) is 0 Å². The highest BCUT2D eigenvalue weighted by Crippen LogP contribution is 2.36. The molecule has 2 aliphatic carbocycles. The second-order valence-corrected chi connectivity index (χ2v) is 8.04. The third-order valence-corrected chi connectivity index (χ3v) is 5.53. The summed E-state index contributed by atoms with van der Waals surface area (Å²) in [6, 6.07) is 0. The number of nitrogens with one attached hydrogen (secondary N) is 1. The third-order valence-electron chi connectivity index (χ3n) is 4.72. The summed E-state index contributed by atoms with van der Waals surface area (Å²) in [5.74, 6) is 1.86. The van der Waals surface area contributed by atoms with Crippen LogP contribution in [0, 0.1) is 5.92 Å². The van der Waals surface area contributed by atoms with Gasteiger partial charge in [-0.25, -0.2) is 4.39 Å². The Morgan fingerprint density at radius 3 is 2.97 bits per heavy atom. The molecule has 1 atom stereocenters. The average Bonchev–Trinajstić information content (AvgIpc) is 3.15. The van der Waals surface area contributed by atoms with Gasteiger partial charge in [-0.1, -0.05) is 30.8 Å². The predicted molar refractivity (Wildman–Crippen MR) is 109 cm³/mol. The Morgan fingerprint density at radius 1 is 1.28 bits per heavy atom. The van der Waals surface area contributed by atoms with Crippen LogP contribution >= 0.6 is 11.8 Å².